The maximum Gasteiger partial charge on any atom is 0.321 e. The molecule has 7 heteroatoms. The van der Waals surface area contributed by atoms with Gasteiger partial charge in [-0.05, 0) is 29.8 Å². The number of hydrogen-bond donors (Lipinski definition) is 1. The predicted octanol–water partition coefficient (Wildman–Crippen LogP) is 4.12. The van der Waals surface area contributed by atoms with E-state index in [-0.39, 0.29) is 12.6 Å². The quantitative estimate of drug-likeness (QED) is 0.770. The number of nitrogens with zero attached hydrogens (tertiary/aromatic N) is 1. The fourth-order valence-electron chi connectivity index (χ4n) is 2.15. The van der Waals surface area contributed by atoms with E-state index in [4.69, 9.17) is 21.1 Å². The van der Waals surface area contributed by atoms with Gasteiger partial charge in [0.1, 0.15) is 12.4 Å². The van der Waals surface area contributed by atoms with Crippen LogP contribution in [0.4, 0.5) is 10.5 Å². The SMILES string of the molecule is CC(=O)OC(COc1cccc(NC(=O)N(C)C)c1)c1ccc(Cl)cc1. The average molecular weight is 377 g/mol. The second kappa shape index (κ2) is 9.10. The summed E-state index contributed by atoms with van der Waals surface area (Å²) < 4.78 is 11.1. The van der Waals surface area contributed by atoms with Gasteiger partial charge in [0.15, 0.2) is 6.10 Å². The zero-order chi connectivity index (χ0) is 19.1. The Kier molecular flexibility index (Phi) is 6.86. The fourth-order valence-corrected chi connectivity index (χ4v) is 2.27. The average Bonchev–Trinajstić information content (AvgIpc) is 2.59. The molecule has 0 aliphatic carbocycles. The molecule has 0 saturated carbocycles. The lowest BCUT2D eigenvalue weighted by atomic mass is 10.1. The zero-order valence-corrected chi connectivity index (χ0v) is 15.6. The largest absolute Gasteiger partial charge is 0.489 e. The first kappa shape index (κ1) is 19.6. The molecule has 138 valence electrons. The Labute approximate surface area is 157 Å². The Morgan fingerprint density at radius 2 is 1.85 bits per heavy atom. The van der Waals surface area contributed by atoms with Gasteiger partial charge in [0, 0.05) is 37.8 Å². The van der Waals surface area contributed by atoms with Gasteiger partial charge < -0.3 is 19.7 Å². The molecule has 0 saturated heterocycles. The monoisotopic (exact) mass is 376 g/mol. The number of halogens is 1. The maximum absolute atomic E-state index is 11.7. The zero-order valence-electron chi connectivity index (χ0n) is 14.9. The molecule has 0 spiro atoms. The van der Waals surface area contributed by atoms with Gasteiger partial charge >= 0.3 is 12.0 Å². The minimum atomic E-state index is -0.565. The van der Waals surface area contributed by atoms with Crippen LogP contribution in [0.1, 0.15) is 18.6 Å². The van der Waals surface area contributed by atoms with Crippen molar-refractivity contribution in [1.29, 1.82) is 0 Å². The Balaban J connectivity index is 2.07. The Morgan fingerprint density at radius 3 is 2.46 bits per heavy atom. The highest BCUT2D eigenvalue weighted by atomic mass is 35.5. The van der Waals surface area contributed by atoms with Gasteiger partial charge in [0.25, 0.3) is 0 Å². The van der Waals surface area contributed by atoms with Crippen molar-refractivity contribution in [3.63, 3.8) is 0 Å². The third kappa shape index (κ3) is 5.97. The molecule has 2 amide bonds. The van der Waals surface area contributed by atoms with Crippen LogP contribution >= 0.6 is 11.6 Å². The molecule has 2 aromatic rings. The molecule has 2 aromatic carbocycles. The number of carbonyl (C=O) groups excluding carboxylic acids is 2. The summed E-state index contributed by atoms with van der Waals surface area (Å²) in [5.74, 6) is 0.146. The number of carbonyl (C=O) groups is 2. The summed E-state index contributed by atoms with van der Waals surface area (Å²) in [5, 5.41) is 3.34. The van der Waals surface area contributed by atoms with Gasteiger partial charge in [-0.25, -0.2) is 4.79 Å². The highest BCUT2D eigenvalue weighted by Crippen LogP contribution is 2.23. The Bertz CT molecular complexity index is 762. The molecule has 0 heterocycles. The molecule has 1 unspecified atom stereocenters. The third-order valence-corrected chi connectivity index (χ3v) is 3.69. The molecule has 0 fully saturated rings. The number of hydrogen-bond acceptors (Lipinski definition) is 4. The van der Waals surface area contributed by atoms with E-state index in [1.807, 2.05) is 0 Å². The van der Waals surface area contributed by atoms with Crippen LogP contribution < -0.4 is 10.1 Å². The molecule has 26 heavy (non-hydrogen) atoms. The summed E-state index contributed by atoms with van der Waals surface area (Å²) in [4.78, 5) is 24.6. The van der Waals surface area contributed by atoms with Crippen LogP contribution in [0.25, 0.3) is 0 Å². The van der Waals surface area contributed by atoms with Crippen LogP contribution in [0.3, 0.4) is 0 Å². The van der Waals surface area contributed by atoms with E-state index in [0.717, 1.165) is 5.56 Å². The lowest BCUT2D eigenvalue weighted by molar-refractivity contribution is -0.148. The predicted molar refractivity (Wildman–Crippen MR) is 101 cm³/mol. The summed E-state index contributed by atoms with van der Waals surface area (Å²) in [7, 11) is 3.32. The molecule has 1 N–H and O–H groups in total. The van der Waals surface area contributed by atoms with E-state index < -0.39 is 12.1 Å². The Morgan fingerprint density at radius 1 is 1.15 bits per heavy atom. The lowest BCUT2D eigenvalue weighted by Gasteiger charge is -2.19. The van der Waals surface area contributed by atoms with Crippen LogP contribution in [0, 0.1) is 0 Å². The minimum Gasteiger partial charge on any atom is -0.489 e. The van der Waals surface area contributed by atoms with Gasteiger partial charge in [0.05, 0.1) is 0 Å². The van der Waals surface area contributed by atoms with Crippen LogP contribution in [0.15, 0.2) is 48.5 Å². The summed E-state index contributed by atoms with van der Waals surface area (Å²) >= 11 is 5.90. The van der Waals surface area contributed by atoms with E-state index in [9.17, 15) is 9.59 Å². The van der Waals surface area contributed by atoms with Gasteiger partial charge in [-0.2, -0.15) is 0 Å². The Hall–Kier alpha value is -2.73. The molecule has 2 rings (SSSR count). The van der Waals surface area contributed by atoms with Crippen molar-refractivity contribution in [2.45, 2.75) is 13.0 Å². The van der Waals surface area contributed by atoms with Crippen LogP contribution in [-0.2, 0) is 9.53 Å². The summed E-state index contributed by atoms with van der Waals surface area (Å²) in [6.07, 6.45) is -0.565. The molecule has 6 nitrogen and oxygen atoms in total. The summed E-state index contributed by atoms with van der Waals surface area (Å²) in [5.41, 5.74) is 1.39. The molecule has 0 radical (unpaired) electrons. The number of ether oxygens (including phenoxy) is 2. The first-order valence-electron chi connectivity index (χ1n) is 7.99. The summed E-state index contributed by atoms with van der Waals surface area (Å²) in [6.45, 7) is 1.48. The van der Waals surface area contributed by atoms with Gasteiger partial charge in [0.2, 0.25) is 0 Å². The molecule has 0 bridgehead atoms. The molecule has 1 atom stereocenters. The topological polar surface area (TPSA) is 67.9 Å². The van der Waals surface area contributed by atoms with Gasteiger partial charge in [-0.1, -0.05) is 29.8 Å². The molecular formula is C19H21ClN2O4. The van der Waals surface area contributed by atoms with E-state index >= 15 is 0 Å². The van der Waals surface area contributed by atoms with Crippen molar-refractivity contribution in [2.75, 3.05) is 26.0 Å². The molecule has 0 aromatic heterocycles. The van der Waals surface area contributed by atoms with Crippen LogP contribution in [0.5, 0.6) is 5.75 Å². The van der Waals surface area contributed by atoms with Crippen LogP contribution in [0.2, 0.25) is 5.02 Å². The molecule has 0 aliphatic rings. The first-order chi connectivity index (χ1) is 12.3. The maximum atomic E-state index is 11.7. The van der Waals surface area contributed by atoms with Gasteiger partial charge in [-0.15, -0.1) is 0 Å². The highest BCUT2D eigenvalue weighted by molar-refractivity contribution is 6.30. The standard InChI is InChI=1S/C19H21ClN2O4/c1-13(23)26-18(14-7-9-15(20)10-8-14)12-25-17-6-4-5-16(11-17)21-19(24)22(2)3/h4-11,18H,12H2,1-3H3,(H,21,24). The number of rotatable bonds is 6. The smallest absolute Gasteiger partial charge is 0.321 e. The van der Waals surface area contributed by atoms with Crippen molar-refractivity contribution in [1.82, 2.24) is 4.90 Å². The number of benzene rings is 2. The summed E-state index contributed by atoms with van der Waals surface area (Å²) in [6, 6.07) is 13.8. The van der Waals surface area contributed by atoms with Crippen molar-refractivity contribution in [3.8, 4) is 5.75 Å². The second-order valence-corrected chi connectivity index (χ2v) is 6.25. The van der Waals surface area contributed by atoms with Gasteiger partial charge in [-0.3, -0.25) is 4.79 Å². The van der Waals surface area contributed by atoms with Crippen molar-refractivity contribution >= 4 is 29.3 Å². The molecule has 0 aliphatic heterocycles. The third-order valence-electron chi connectivity index (χ3n) is 3.44. The van der Waals surface area contributed by atoms with E-state index in [1.54, 1.807) is 62.6 Å². The van der Waals surface area contributed by atoms with Crippen molar-refractivity contribution in [2.24, 2.45) is 0 Å². The number of urea groups is 1. The normalized spacial score (nSPS) is 11.4. The van der Waals surface area contributed by atoms with Crippen molar-refractivity contribution < 1.29 is 19.1 Å². The van der Waals surface area contributed by atoms with E-state index in [2.05, 4.69) is 5.32 Å². The van der Waals surface area contributed by atoms with Crippen molar-refractivity contribution in [3.05, 3.63) is 59.1 Å². The second-order valence-electron chi connectivity index (χ2n) is 5.81. The fraction of sp³-hybridized carbons (Fsp3) is 0.263. The highest BCUT2D eigenvalue weighted by Gasteiger charge is 2.16. The van der Waals surface area contributed by atoms with Crippen LogP contribution in [-0.4, -0.2) is 37.6 Å². The number of nitrogens with one attached hydrogen (secondary N) is 1. The number of esters is 1. The van der Waals surface area contributed by atoms with E-state index in [0.29, 0.717) is 16.5 Å². The molecular weight excluding hydrogens is 356 g/mol. The number of amides is 2. The number of anilines is 1. The minimum absolute atomic E-state index is 0.131. The van der Waals surface area contributed by atoms with E-state index in [1.165, 1.54) is 11.8 Å². The lowest BCUT2D eigenvalue weighted by Crippen LogP contribution is -2.27. The first-order valence-corrected chi connectivity index (χ1v) is 8.37.